The second-order valence-corrected chi connectivity index (χ2v) is 6.78. The van der Waals surface area contributed by atoms with Gasteiger partial charge < -0.3 is 14.4 Å². The van der Waals surface area contributed by atoms with E-state index in [-0.39, 0.29) is 11.3 Å². The molecule has 2 aromatic carbocycles. The highest BCUT2D eigenvalue weighted by Crippen LogP contribution is 2.29. The lowest BCUT2D eigenvalue weighted by molar-refractivity contribution is -0.139. The van der Waals surface area contributed by atoms with Gasteiger partial charge in [0, 0.05) is 29.0 Å². The number of benzene rings is 2. The fourth-order valence-corrected chi connectivity index (χ4v) is 3.41. The van der Waals surface area contributed by atoms with Gasteiger partial charge in [0.2, 0.25) is 0 Å². The van der Waals surface area contributed by atoms with Crippen molar-refractivity contribution in [1.29, 1.82) is 0 Å². The SMILES string of the molecule is COC(=O)C1=C(C(=O)OC)N(c2ccc(-c3cnc4ccccc4c3)cc2)C=CC=C1. The molecule has 2 heterocycles. The Bertz CT molecular complexity index is 1240. The number of aromatic nitrogens is 1. The minimum Gasteiger partial charge on any atom is -0.465 e. The number of rotatable bonds is 4. The van der Waals surface area contributed by atoms with Crippen LogP contribution in [0.25, 0.3) is 22.0 Å². The average Bonchev–Trinajstić information content (AvgIpc) is 3.06. The molecule has 0 saturated heterocycles. The Morgan fingerprint density at radius 2 is 1.61 bits per heavy atom. The molecule has 154 valence electrons. The molecule has 6 nitrogen and oxygen atoms in total. The van der Waals surface area contributed by atoms with Gasteiger partial charge in [-0.15, -0.1) is 0 Å². The molecule has 4 rings (SSSR count). The predicted molar refractivity (Wildman–Crippen MR) is 119 cm³/mol. The first-order chi connectivity index (χ1) is 15.1. The Labute approximate surface area is 179 Å². The summed E-state index contributed by atoms with van der Waals surface area (Å²) in [5.74, 6) is -1.26. The Morgan fingerprint density at radius 1 is 0.871 bits per heavy atom. The fraction of sp³-hybridized carbons (Fsp3) is 0.0800. The van der Waals surface area contributed by atoms with Crippen molar-refractivity contribution in [3.63, 3.8) is 0 Å². The van der Waals surface area contributed by atoms with Gasteiger partial charge in [0.1, 0.15) is 5.70 Å². The summed E-state index contributed by atoms with van der Waals surface area (Å²) in [5.41, 5.74) is 3.79. The molecule has 0 N–H and O–H groups in total. The summed E-state index contributed by atoms with van der Waals surface area (Å²) in [6.45, 7) is 0. The van der Waals surface area contributed by atoms with Gasteiger partial charge in [-0.3, -0.25) is 4.98 Å². The largest absolute Gasteiger partial charge is 0.465 e. The lowest BCUT2D eigenvalue weighted by Crippen LogP contribution is -2.26. The summed E-state index contributed by atoms with van der Waals surface area (Å²) in [6.07, 6.45) is 8.47. The van der Waals surface area contributed by atoms with Gasteiger partial charge in [-0.1, -0.05) is 36.4 Å². The number of para-hydroxylation sites is 1. The highest BCUT2D eigenvalue weighted by Gasteiger charge is 2.27. The summed E-state index contributed by atoms with van der Waals surface area (Å²) in [4.78, 5) is 30.9. The van der Waals surface area contributed by atoms with Crippen molar-refractivity contribution in [2.24, 2.45) is 0 Å². The first kappa shape index (κ1) is 20.1. The van der Waals surface area contributed by atoms with Crippen LogP contribution in [-0.4, -0.2) is 31.1 Å². The Kier molecular flexibility index (Phi) is 5.62. The minimum atomic E-state index is -0.639. The molecule has 0 atom stereocenters. The van der Waals surface area contributed by atoms with Crippen LogP contribution in [-0.2, 0) is 19.1 Å². The zero-order chi connectivity index (χ0) is 21.8. The van der Waals surface area contributed by atoms with E-state index in [1.165, 1.54) is 20.3 Å². The maximum atomic E-state index is 12.5. The number of nitrogens with zero attached hydrogens (tertiary/aromatic N) is 2. The Balaban J connectivity index is 1.74. The van der Waals surface area contributed by atoms with E-state index in [9.17, 15) is 9.59 Å². The van der Waals surface area contributed by atoms with Gasteiger partial charge in [-0.2, -0.15) is 0 Å². The van der Waals surface area contributed by atoms with Crippen molar-refractivity contribution >= 4 is 28.5 Å². The quantitative estimate of drug-likeness (QED) is 0.592. The molecule has 0 unspecified atom stereocenters. The molecule has 1 aliphatic heterocycles. The number of pyridine rings is 1. The maximum Gasteiger partial charge on any atom is 0.355 e. The standard InChI is InChI=1S/C25H20N2O4/c1-30-24(28)21-8-5-6-14-27(23(21)25(29)31-2)20-12-10-17(11-13-20)19-15-18-7-3-4-9-22(18)26-16-19/h3-16H,1-2H3. The minimum absolute atomic E-state index is 0.0828. The van der Waals surface area contributed by atoms with Crippen molar-refractivity contribution in [3.05, 3.63) is 96.5 Å². The lowest BCUT2D eigenvalue weighted by Gasteiger charge is -2.23. The molecular formula is C25H20N2O4. The second kappa shape index (κ2) is 8.67. The Morgan fingerprint density at radius 3 is 2.35 bits per heavy atom. The van der Waals surface area contributed by atoms with E-state index in [2.05, 4.69) is 11.1 Å². The summed E-state index contributed by atoms with van der Waals surface area (Å²) in [5, 5.41) is 1.06. The number of methoxy groups -OCH3 is 2. The van der Waals surface area contributed by atoms with Crippen molar-refractivity contribution < 1.29 is 19.1 Å². The van der Waals surface area contributed by atoms with E-state index < -0.39 is 11.9 Å². The highest BCUT2D eigenvalue weighted by atomic mass is 16.5. The first-order valence-corrected chi connectivity index (χ1v) is 9.62. The second-order valence-electron chi connectivity index (χ2n) is 6.78. The van der Waals surface area contributed by atoms with Gasteiger partial charge in [-0.25, -0.2) is 9.59 Å². The molecular weight excluding hydrogens is 392 g/mol. The zero-order valence-corrected chi connectivity index (χ0v) is 17.1. The number of carbonyl (C=O) groups excluding carboxylic acids is 2. The Hall–Kier alpha value is -4.19. The fourth-order valence-electron chi connectivity index (χ4n) is 3.41. The lowest BCUT2D eigenvalue weighted by atomic mass is 10.0. The molecule has 0 spiro atoms. The van der Waals surface area contributed by atoms with Crippen LogP contribution in [0.5, 0.6) is 0 Å². The van der Waals surface area contributed by atoms with Crippen LogP contribution in [0, 0.1) is 0 Å². The summed E-state index contributed by atoms with van der Waals surface area (Å²) in [7, 11) is 2.55. The number of allylic oxidation sites excluding steroid dienone is 2. The van der Waals surface area contributed by atoms with Crippen molar-refractivity contribution in [2.75, 3.05) is 19.1 Å². The van der Waals surface area contributed by atoms with Gasteiger partial charge in [0.25, 0.3) is 0 Å². The first-order valence-electron chi connectivity index (χ1n) is 9.62. The molecule has 0 fully saturated rings. The number of hydrogen-bond donors (Lipinski definition) is 0. The number of fused-ring (bicyclic) bond motifs is 1. The molecule has 6 heteroatoms. The molecule has 0 saturated carbocycles. The third kappa shape index (κ3) is 3.96. The normalized spacial score (nSPS) is 13.3. The molecule has 1 aliphatic rings. The number of esters is 2. The number of anilines is 1. The van der Waals surface area contributed by atoms with Gasteiger partial charge in [0.15, 0.2) is 0 Å². The van der Waals surface area contributed by atoms with E-state index in [0.717, 1.165) is 22.0 Å². The van der Waals surface area contributed by atoms with Crippen molar-refractivity contribution in [3.8, 4) is 11.1 Å². The topological polar surface area (TPSA) is 68.7 Å². The van der Waals surface area contributed by atoms with E-state index in [0.29, 0.717) is 5.69 Å². The van der Waals surface area contributed by atoms with Crippen LogP contribution in [0.2, 0.25) is 0 Å². The molecule has 0 radical (unpaired) electrons. The van der Waals surface area contributed by atoms with E-state index in [4.69, 9.17) is 9.47 Å². The van der Waals surface area contributed by atoms with Crippen LogP contribution in [0.15, 0.2) is 96.5 Å². The van der Waals surface area contributed by atoms with Gasteiger partial charge >= 0.3 is 11.9 Å². The third-order valence-electron chi connectivity index (χ3n) is 4.96. The average molecular weight is 412 g/mol. The monoisotopic (exact) mass is 412 g/mol. The molecule has 31 heavy (non-hydrogen) atoms. The predicted octanol–water partition coefficient (Wildman–Crippen LogP) is 4.39. The zero-order valence-electron chi connectivity index (χ0n) is 17.1. The smallest absolute Gasteiger partial charge is 0.355 e. The van der Waals surface area contributed by atoms with E-state index in [1.54, 1.807) is 23.3 Å². The highest BCUT2D eigenvalue weighted by molar-refractivity contribution is 6.05. The number of carbonyl (C=O) groups is 2. The van der Waals surface area contributed by atoms with E-state index in [1.807, 2.05) is 54.7 Å². The van der Waals surface area contributed by atoms with Crippen LogP contribution >= 0.6 is 0 Å². The van der Waals surface area contributed by atoms with Crippen molar-refractivity contribution in [2.45, 2.75) is 0 Å². The summed E-state index contributed by atoms with van der Waals surface area (Å²) in [6, 6.07) is 17.7. The van der Waals surface area contributed by atoms with Crippen LogP contribution in [0.1, 0.15) is 0 Å². The maximum absolute atomic E-state index is 12.5. The molecule has 0 aliphatic carbocycles. The molecule has 3 aromatic rings. The van der Waals surface area contributed by atoms with E-state index >= 15 is 0 Å². The van der Waals surface area contributed by atoms with Crippen LogP contribution < -0.4 is 4.90 Å². The number of ether oxygens (including phenoxy) is 2. The summed E-state index contributed by atoms with van der Waals surface area (Å²) >= 11 is 0. The van der Waals surface area contributed by atoms with Gasteiger partial charge in [-0.05, 0) is 42.0 Å². The summed E-state index contributed by atoms with van der Waals surface area (Å²) < 4.78 is 9.78. The molecule has 1 aromatic heterocycles. The number of hydrogen-bond acceptors (Lipinski definition) is 6. The molecule has 0 bridgehead atoms. The van der Waals surface area contributed by atoms with Crippen LogP contribution in [0.4, 0.5) is 5.69 Å². The van der Waals surface area contributed by atoms with Crippen LogP contribution in [0.3, 0.4) is 0 Å². The van der Waals surface area contributed by atoms with Crippen molar-refractivity contribution in [1.82, 2.24) is 4.98 Å². The molecule has 0 amide bonds. The van der Waals surface area contributed by atoms with Gasteiger partial charge in [0.05, 0.1) is 25.3 Å². The third-order valence-corrected chi connectivity index (χ3v) is 4.96.